The molecule has 1 heterocycles. The normalized spacial score (nSPS) is 10.6. The average molecular weight is 399 g/mol. The number of aryl methyl sites for hydroxylation is 2. The monoisotopic (exact) mass is 399 g/mol. The number of aromatic nitrogens is 2. The Hall–Kier alpha value is -3.93. The standard InChI is InChI=1S/C24H21N3O3/c1-16-6-3-9-19(12-16)24-26-23(27-30-24)18-8-5-11-21(14-18)29-15-22(28)25-20-10-4-7-17(2)13-20/h3-14H,15H2,1-2H3,(H,25,28). The molecule has 0 bridgehead atoms. The van der Waals surface area contributed by atoms with Crippen molar-refractivity contribution in [2.75, 3.05) is 11.9 Å². The van der Waals surface area contributed by atoms with E-state index in [0.717, 1.165) is 27.9 Å². The van der Waals surface area contributed by atoms with Crippen molar-refractivity contribution >= 4 is 11.6 Å². The van der Waals surface area contributed by atoms with Gasteiger partial charge in [0.15, 0.2) is 6.61 Å². The van der Waals surface area contributed by atoms with Crippen molar-refractivity contribution in [1.29, 1.82) is 0 Å². The largest absolute Gasteiger partial charge is 0.484 e. The van der Waals surface area contributed by atoms with Crippen LogP contribution < -0.4 is 10.1 Å². The van der Waals surface area contributed by atoms with Crippen LogP contribution in [0.15, 0.2) is 77.3 Å². The van der Waals surface area contributed by atoms with E-state index < -0.39 is 0 Å². The first kappa shape index (κ1) is 19.4. The minimum absolute atomic E-state index is 0.0990. The smallest absolute Gasteiger partial charge is 0.262 e. The third kappa shape index (κ3) is 4.72. The average Bonchev–Trinajstić information content (AvgIpc) is 3.23. The summed E-state index contributed by atoms with van der Waals surface area (Å²) in [6.45, 7) is 3.88. The van der Waals surface area contributed by atoms with Crippen LogP contribution in [0.3, 0.4) is 0 Å². The van der Waals surface area contributed by atoms with E-state index in [-0.39, 0.29) is 12.5 Å². The Bertz CT molecular complexity index is 1180. The highest BCUT2D eigenvalue weighted by molar-refractivity contribution is 5.91. The molecule has 0 aliphatic heterocycles. The molecule has 3 aromatic carbocycles. The Morgan fingerprint density at radius 2 is 1.67 bits per heavy atom. The van der Waals surface area contributed by atoms with Gasteiger partial charge in [-0.05, 0) is 55.8 Å². The number of anilines is 1. The van der Waals surface area contributed by atoms with Crippen molar-refractivity contribution in [3.05, 3.63) is 83.9 Å². The number of hydrogen-bond donors (Lipinski definition) is 1. The van der Waals surface area contributed by atoms with Crippen molar-refractivity contribution in [3.8, 4) is 28.6 Å². The fourth-order valence-electron chi connectivity index (χ4n) is 3.03. The summed E-state index contributed by atoms with van der Waals surface area (Å²) < 4.78 is 11.0. The second-order valence-corrected chi connectivity index (χ2v) is 7.03. The van der Waals surface area contributed by atoms with Gasteiger partial charge >= 0.3 is 0 Å². The third-order valence-electron chi connectivity index (χ3n) is 4.46. The van der Waals surface area contributed by atoms with Crippen molar-refractivity contribution in [1.82, 2.24) is 10.1 Å². The third-order valence-corrected chi connectivity index (χ3v) is 4.46. The molecule has 0 unspecified atom stereocenters. The van der Waals surface area contributed by atoms with E-state index in [1.54, 1.807) is 12.1 Å². The van der Waals surface area contributed by atoms with Gasteiger partial charge in [0, 0.05) is 16.8 Å². The fraction of sp³-hybridized carbons (Fsp3) is 0.125. The van der Waals surface area contributed by atoms with Gasteiger partial charge in [0.1, 0.15) is 5.75 Å². The number of rotatable bonds is 6. The summed E-state index contributed by atoms with van der Waals surface area (Å²) in [5.41, 5.74) is 4.55. The molecule has 0 aliphatic rings. The maximum absolute atomic E-state index is 12.2. The molecule has 0 radical (unpaired) electrons. The summed E-state index contributed by atoms with van der Waals surface area (Å²) in [6, 6.07) is 22.7. The molecule has 0 saturated heterocycles. The number of hydrogen-bond acceptors (Lipinski definition) is 5. The lowest BCUT2D eigenvalue weighted by Gasteiger charge is -2.08. The van der Waals surface area contributed by atoms with Crippen LogP contribution in [0.2, 0.25) is 0 Å². The van der Waals surface area contributed by atoms with Crippen molar-refractivity contribution in [2.24, 2.45) is 0 Å². The van der Waals surface area contributed by atoms with Crippen molar-refractivity contribution < 1.29 is 14.1 Å². The van der Waals surface area contributed by atoms with Crippen molar-refractivity contribution in [3.63, 3.8) is 0 Å². The van der Waals surface area contributed by atoms with Crippen LogP contribution in [0.4, 0.5) is 5.69 Å². The molecule has 6 heteroatoms. The molecule has 1 aromatic heterocycles. The second kappa shape index (κ2) is 8.61. The fourth-order valence-corrected chi connectivity index (χ4v) is 3.03. The van der Waals surface area contributed by atoms with Gasteiger partial charge in [-0.2, -0.15) is 4.98 Å². The van der Waals surface area contributed by atoms with Gasteiger partial charge in [-0.1, -0.05) is 47.1 Å². The molecule has 0 fully saturated rings. The van der Waals surface area contributed by atoms with E-state index in [2.05, 4.69) is 15.5 Å². The SMILES string of the molecule is Cc1cccc(NC(=O)COc2cccc(-c3noc(-c4cccc(C)c4)n3)c2)c1. The molecule has 4 rings (SSSR count). The maximum Gasteiger partial charge on any atom is 0.262 e. The van der Waals surface area contributed by atoms with Crippen LogP contribution in [-0.4, -0.2) is 22.7 Å². The lowest BCUT2D eigenvalue weighted by Crippen LogP contribution is -2.20. The zero-order chi connectivity index (χ0) is 20.9. The van der Waals surface area contributed by atoms with E-state index in [1.165, 1.54) is 0 Å². The molecule has 6 nitrogen and oxygen atoms in total. The Kier molecular flexibility index (Phi) is 5.57. The number of nitrogens with zero attached hydrogens (tertiary/aromatic N) is 2. The highest BCUT2D eigenvalue weighted by Gasteiger charge is 2.12. The van der Waals surface area contributed by atoms with Gasteiger partial charge in [0.2, 0.25) is 5.82 Å². The number of carbonyl (C=O) groups excluding carboxylic acids is 1. The first-order chi connectivity index (χ1) is 14.6. The van der Waals surface area contributed by atoms with Crippen LogP contribution in [-0.2, 0) is 4.79 Å². The zero-order valence-corrected chi connectivity index (χ0v) is 16.8. The van der Waals surface area contributed by atoms with Crippen LogP contribution in [0.1, 0.15) is 11.1 Å². The molecule has 30 heavy (non-hydrogen) atoms. The number of amides is 1. The van der Waals surface area contributed by atoms with Crippen LogP contribution in [0.25, 0.3) is 22.8 Å². The van der Waals surface area contributed by atoms with Gasteiger partial charge in [-0.15, -0.1) is 0 Å². The Balaban J connectivity index is 1.42. The molecule has 0 saturated carbocycles. The van der Waals surface area contributed by atoms with Crippen molar-refractivity contribution in [2.45, 2.75) is 13.8 Å². The summed E-state index contributed by atoms with van der Waals surface area (Å²) in [5.74, 6) is 1.24. The van der Waals surface area contributed by atoms with Gasteiger partial charge in [-0.3, -0.25) is 4.79 Å². The topological polar surface area (TPSA) is 77.2 Å². The molecule has 0 atom stereocenters. The van der Waals surface area contributed by atoms with Gasteiger partial charge < -0.3 is 14.6 Å². The summed E-state index contributed by atoms with van der Waals surface area (Å²) in [6.07, 6.45) is 0. The lowest BCUT2D eigenvalue weighted by atomic mass is 10.1. The molecule has 150 valence electrons. The zero-order valence-electron chi connectivity index (χ0n) is 16.8. The summed E-state index contributed by atoms with van der Waals surface area (Å²) in [5, 5.41) is 6.89. The van der Waals surface area contributed by atoms with Gasteiger partial charge in [0.05, 0.1) is 0 Å². The maximum atomic E-state index is 12.2. The molecule has 4 aromatic rings. The summed E-state index contributed by atoms with van der Waals surface area (Å²) >= 11 is 0. The predicted octanol–water partition coefficient (Wildman–Crippen LogP) is 5.04. The van der Waals surface area contributed by atoms with E-state index in [1.807, 2.05) is 74.5 Å². The van der Waals surface area contributed by atoms with E-state index >= 15 is 0 Å². The molecule has 1 amide bonds. The minimum atomic E-state index is -0.229. The Morgan fingerprint density at radius 3 is 2.47 bits per heavy atom. The molecular weight excluding hydrogens is 378 g/mol. The number of carbonyl (C=O) groups is 1. The lowest BCUT2D eigenvalue weighted by molar-refractivity contribution is -0.118. The number of benzene rings is 3. The van der Waals surface area contributed by atoms with E-state index in [9.17, 15) is 4.79 Å². The molecule has 0 aliphatic carbocycles. The minimum Gasteiger partial charge on any atom is -0.484 e. The molecular formula is C24H21N3O3. The van der Waals surface area contributed by atoms with Crippen LogP contribution in [0.5, 0.6) is 5.75 Å². The summed E-state index contributed by atoms with van der Waals surface area (Å²) in [4.78, 5) is 16.6. The van der Waals surface area contributed by atoms with E-state index in [4.69, 9.17) is 9.26 Å². The quantitative estimate of drug-likeness (QED) is 0.492. The highest BCUT2D eigenvalue weighted by atomic mass is 16.5. The first-order valence-corrected chi connectivity index (χ1v) is 9.57. The second-order valence-electron chi connectivity index (χ2n) is 7.03. The number of nitrogens with one attached hydrogen (secondary N) is 1. The highest BCUT2D eigenvalue weighted by Crippen LogP contribution is 2.25. The molecule has 0 spiro atoms. The summed E-state index contributed by atoms with van der Waals surface area (Å²) in [7, 11) is 0. The molecule has 1 N–H and O–H groups in total. The van der Waals surface area contributed by atoms with Gasteiger partial charge in [-0.25, -0.2) is 0 Å². The first-order valence-electron chi connectivity index (χ1n) is 9.57. The van der Waals surface area contributed by atoms with Gasteiger partial charge in [0.25, 0.3) is 11.8 Å². The Labute approximate surface area is 174 Å². The van der Waals surface area contributed by atoms with Crippen LogP contribution in [0, 0.1) is 13.8 Å². The predicted molar refractivity (Wildman–Crippen MR) is 115 cm³/mol. The Morgan fingerprint density at radius 1 is 0.933 bits per heavy atom. The van der Waals surface area contributed by atoms with E-state index in [0.29, 0.717) is 17.5 Å². The van der Waals surface area contributed by atoms with Crippen LogP contribution >= 0.6 is 0 Å². The number of ether oxygens (including phenoxy) is 1.